The lowest BCUT2D eigenvalue weighted by Crippen LogP contribution is -2.13. The molecule has 2 aromatic heterocycles. The van der Waals surface area contributed by atoms with Crippen LogP contribution >= 0.6 is 15.9 Å². The number of carbonyl (C=O) groups excluding carboxylic acids is 1. The maximum atomic E-state index is 11.9. The van der Waals surface area contributed by atoms with Crippen LogP contribution in [0.2, 0.25) is 0 Å². The lowest BCUT2D eigenvalue weighted by atomic mass is 10.3. The van der Waals surface area contributed by atoms with Crippen LogP contribution in [0.3, 0.4) is 0 Å². The van der Waals surface area contributed by atoms with Gasteiger partial charge in [0.15, 0.2) is 0 Å². The van der Waals surface area contributed by atoms with Crippen molar-refractivity contribution in [3.63, 3.8) is 0 Å². The first-order valence-corrected chi connectivity index (χ1v) is 5.76. The molecular formula is C11H9BrN4O2. The lowest BCUT2D eigenvalue weighted by Gasteiger charge is -2.05. The first-order valence-electron chi connectivity index (χ1n) is 4.97. The summed E-state index contributed by atoms with van der Waals surface area (Å²) in [6.45, 7) is 0. The Morgan fingerprint density at radius 1 is 1.33 bits per heavy atom. The minimum absolute atomic E-state index is 0.301. The summed E-state index contributed by atoms with van der Waals surface area (Å²) in [5.74, 6) is 0.448. The van der Waals surface area contributed by atoms with Gasteiger partial charge < -0.3 is 10.1 Å². The monoisotopic (exact) mass is 308 g/mol. The molecule has 6 nitrogen and oxygen atoms in total. The van der Waals surface area contributed by atoms with E-state index in [-0.39, 0.29) is 5.91 Å². The second-order valence-electron chi connectivity index (χ2n) is 3.29. The van der Waals surface area contributed by atoms with Gasteiger partial charge in [-0.15, -0.1) is 0 Å². The van der Waals surface area contributed by atoms with Gasteiger partial charge >= 0.3 is 0 Å². The Hall–Kier alpha value is -2.02. The number of nitrogens with one attached hydrogen (secondary N) is 1. The molecule has 0 saturated heterocycles. The third-order valence-corrected chi connectivity index (χ3v) is 2.49. The van der Waals surface area contributed by atoms with Crippen molar-refractivity contribution < 1.29 is 9.53 Å². The summed E-state index contributed by atoms with van der Waals surface area (Å²) >= 11 is 3.25. The molecule has 2 rings (SSSR count). The number of amides is 1. The molecule has 18 heavy (non-hydrogen) atoms. The van der Waals surface area contributed by atoms with Crippen molar-refractivity contribution in [2.24, 2.45) is 0 Å². The largest absolute Gasteiger partial charge is 0.481 e. The maximum absolute atomic E-state index is 11.9. The van der Waals surface area contributed by atoms with Gasteiger partial charge in [-0.2, -0.15) is 0 Å². The molecule has 92 valence electrons. The number of hydrogen-bond acceptors (Lipinski definition) is 5. The lowest BCUT2D eigenvalue weighted by molar-refractivity contribution is 0.102. The number of pyridine rings is 1. The summed E-state index contributed by atoms with van der Waals surface area (Å²) in [6, 6.07) is 3.20. The van der Waals surface area contributed by atoms with Crippen LogP contribution in [0.25, 0.3) is 0 Å². The van der Waals surface area contributed by atoms with Crippen LogP contribution in [-0.2, 0) is 0 Å². The van der Waals surface area contributed by atoms with E-state index in [0.29, 0.717) is 17.3 Å². The summed E-state index contributed by atoms with van der Waals surface area (Å²) in [5.41, 5.74) is 0.432. The van der Waals surface area contributed by atoms with E-state index >= 15 is 0 Å². The van der Waals surface area contributed by atoms with Crippen molar-refractivity contribution in [1.82, 2.24) is 15.0 Å². The fourth-order valence-electron chi connectivity index (χ4n) is 1.24. The van der Waals surface area contributed by atoms with Crippen molar-refractivity contribution >= 4 is 27.7 Å². The average Bonchev–Trinajstić information content (AvgIpc) is 2.39. The first-order chi connectivity index (χ1) is 8.69. The van der Waals surface area contributed by atoms with E-state index in [2.05, 4.69) is 36.2 Å². The molecule has 7 heteroatoms. The molecule has 0 atom stereocenters. The Labute approximate surface area is 112 Å². The van der Waals surface area contributed by atoms with Crippen LogP contribution in [0.4, 0.5) is 5.82 Å². The Bertz CT molecular complexity index is 576. The van der Waals surface area contributed by atoms with E-state index in [9.17, 15) is 4.79 Å². The molecule has 0 saturated carbocycles. The molecule has 1 amide bonds. The fraction of sp³-hybridized carbons (Fsp3) is 0.0909. The van der Waals surface area contributed by atoms with Crippen LogP contribution < -0.4 is 10.1 Å². The number of nitrogens with zero attached hydrogens (tertiary/aromatic N) is 3. The molecule has 0 aliphatic heterocycles. The van der Waals surface area contributed by atoms with Crippen molar-refractivity contribution in [2.45, 2.75) is 0 Å². The predicted octanol–water partition coefficient (Wildman–Crippen LogP) is 1.89. The average molecular weight is 309 g/mol. The maximum Gasteiger partial charge on any atom is 0.258 e. The standard InChI is InChI=1S/C11H9BrN4O2/c1-18-10-3-9(14-6-15-10)16-11(17)7-2-8(12)5-13-4-7/h2-6H,1H3,(H,14,15,16,17). The smallest absolute Gasteiger partial charge is 0.258 e. The van der Waals surface area contributed by atoms with Gasteiger partial charge in [0.2, 0.25) is 5.88 Å². The Morgan fingerprint density at radius 2 is 2.17 bits per heavy atom. The summed E-state index contributed by atoms with van der Waals surface area (Å²) in [6.07, 6.45) is 4.39. The van der Waals surface area contributed by atoms with Gasteiger partial charge in [0.05, 0.1) is 12.7 Å². The topological polar surface area (TPSA) is 77.0 Å². The Morgan fingerprint density at radius 3 is 2.89 bits per heavy atom. The Balaban J connectivity index is 2.16. The third kappa shape index (κ3) is 3.01. The zero-order valence-corrected chi connectivity index (χ0v) is 11.0. The summed E-state index contributed by atoms with van der Waals surface area (Å²) in [4.78, 5) is 23.6. The van der Waals surface area contributed by atoms with E-state index in [0.717, 1.165) is 4.47 Å². The SMILES string of the molecule is COc1cc(NC(=O)c2cncc(Br)c2)ncn1. The van der Waals surface area contributed by atoms with E-state index in [1.807, 2.05) is 0 Å². The quantitative estimate of drug-likeness (QED) is 0.937. The van der Waals surface area contributed by atoms with Crippen LogP contribution in [0, 0.1) is 0 Å². The third-order valence-electron chi connectivity index (χ3n) is 2.06. The minimum atomic E-state index is -0.301. The van der Waals surface area contributed by atoms with E-state index < -0.39 is 0 Å². The molecule has 0 unspecified atom stereocenters. The zero-order chi connectivity index (χ0) is 13.0. The molecule has 0 aliphatic rings. The molecule has 2 heterocycles. The number of ether oxygens (including phenoxy) is 1. The van der Waals surface area contributed by atoms with Gasteiger partial charge in [-0.3, -0.25) is 9.78 Å². The van der Waals surface area contributed by atoms with Crippen molar-refractivity contribution in [3.05, 3.63) is 40.9 Å². The first kappa shape index (κ1) is 12.4. The molecule has 0 spiro atoms. The van der Waals surface area contributed by atoms with Gasteiger partial charge in [0.1, 0.15) is 12.1 Å². The predicted molar refractivity (Wildman–Crippen MR) is 68.5 cm³/mol. The molecule has 2 aromatic rings. The van der Waals surface area contributed by atoms with Gasteiger partial charge in [0, 0.05) is 22.9 Å². The number of aromatic nitrogens is 3. The Kier molecular flexibility index (Phi) is 3.83. The van der Waals surface area contributed by atoms with Gasteiger partial charge in [-0.05, 0) is 22.0 Å². The van der Waals surface area contributed by atoms with E-state index in [1.54, 1.807) is 12.3 Å². The fourth-order valence-corrected chi connectivity index (χ4v) is 1.61. The summed E-state index contributed by atoms with van der Waals surface area (Å²) in [7, 11) is 1.49. The second kappa shape index (κ2) is 5.54. The molecular weight excluding hydrogens is 300 g/mol. The van der Waals surface area contributed by atoms with E-state index in [4.69, 9.17) is 4.74 Å². The van der Waals surface area contributed by atoms with Gasteiger partial charge in [-0.1, -0.05) is 0 Å². The highest BCUT2D eigenvalue weighted by Gasteiger charge is 2.08. The highest BCUT2D eigenvalue weighted by molar-refractivity contribution is 9.10. The number of methoxy groups -OCH3 is 1. The van der Waals surface area contributed by atoms with Crippen LogP contribution in [0.15, 0.2) is 35.3 Å². The highest BCUT2D eigenvalue weighted by atomic mass is 79.9. The molecule has 0 aliphatic carbocycles. The minimum Gasteiger partial charge on any atom is -0.481 e. The van der Waals surface area contributed by atoms with Crippen molar-refractivity contribution in [1.29, 1.82) is 0 Å². The van der Waals surface area contributed by atoms with Gasteiger partial charge in [0.25, 0.3) is 5.91 Å². The molecule has 0 fully saturated rings. The van der Waals surface area contributed by atoms with Crippen LogP contribution in [0.5, 0.6) is 5.88 Å². The molecule has 0 bridgehead atoms. The zero-order valence-electron chi connectivity index (χ0n) is 9.42. The summed E-state index contributed by atoms with van der Waals surface area (Å²) < 4.78 is 5.67. The number of hydrogen-bond donors (Lipinski definition) is 1. The number of halogens is 1. The van der Waals surface area contributed by atoms with Gasteiger partial charge in [-0.25, -0.2) is 9.97 Å². The van der Waals surface area contributed by atoms with Crippen molar-refractivity contribution in [3.8, 4) is 5.88 Å². The highest BCUT2D eigenvalue weighted by Crippen LogP contribution is 2.13. The second-order valence-corrected chi connectivity index (χ2v) is 4.21. The van der Waals surface area contributed by atoms with Crippen LogP contribution in [0.1, 0.15) is 10.4 Å². The van der Waals surface area contributed by atoms with Crippen LogP contribution in [-0.4, -0.2) is 28.0 Å². The van der Waals surface area contributed by atoms with Crippen molar-refractivity contribution in [2.75, 3.05) is 12.4 Å². The number of rotatable bonds is 3. The van der Waals surface area contributed by atoms with E-state index in [1.165, 1.54) is 25.7 Å². The summed E-state index contributed by atoms with van der Waals surface area (Å²) in [5, 5.41) is 2.63. The molecule has 0 radical (unpaired) electrons. The normalized spacial score (nSPS) is 9.89. The number of carbonyl (C=O) groups is 1. The molecule has 0 aromatic carbocycles. The number of anilines is 1. The molecule has 1 N–H and O–H groups in total.